The van der Waals surface area contributed by atoms with Crippen molar-refractivity contribution in [3.8, 4) is 0 Å². The molecule has 1 fully saturated rings. The highest BCUT2D eigenvalue weighted by Gasteiger charge is 2.26. The van der Waals surface area contributed by atoms with E-state index in [1.807, 2.05) is 14.1 Å². The van der Waals surface area contributed by atoms with Gasteiger partial charge >= 0.3 is 0 Å². The van der Waals surface area contributed by atoms with Crippen molar-refractivity contribution in [2.24, 2.45) is 0 Å². The number of non-ortho nitro benzene ring substituents is 1. The monoisotopic (exact) mass is 285 g/mol. The van der Waals surface area contributed by atoms with Crippen LogP contribution in [0.25, 0.3) is 0 Å². The zero-order chi connectivity index (χ0) is 14.9. The minimum absolute atomic E-state index is 0.159. The maximum atomic E-state index is 13.9. The van der Waals surface area contributed by atoms with Crippen molar-refractivity contribution in [2.45, 2.75) is 18.9 Å². The Morgan fingerprint density at radius 3 is 2.15 bits per heavy atom. The van der Waals surface area contributed by atoms with Crippen molar-refractivity contribution in [2.75, 3.05) is 32.1 Å². The number of nitro benzene ring substituents is 1. The molecule has 0 amide bonds. The fourth-order valence-corrected chi connectivity index (χ4v) is 2.57. The van der Waals surface area contributed by atoms with Gasteiger partial charge in [0.1, 0.15) is 5.69 Å². The summed E-state index contributed by atoms with van der Waals surface area (Å²) in [7, 11) is 3.96. The van der Waals surface area contributed by atoms with Gasteiger partial charge < -0.3 is 9.80 Å². The number of nitrogens with zero attached hydrogens (tertiary/aromatic N) is 3. The van der Waals surface area contributed by atoms with E-state index < -0.39 is 22.2 Å². The first-order valence-electron chi connectivity index (χ1n) is 6.45. The van der Waals surface area contributed by atoms with Gasteiger partial charge in [0.15, 0.2) is 11.6 Å². The van der Waals surface area contributed by atoms with Crippen LogP contribution in [0, 0.1) is 21.7 Å². The van der Waals surface area contributed by atoms with Crippen molar-refractivity contribution in [3.05, 3.63) is 33.9 Å². The number of piperidine rings is 1. The predicted octanol–water partition coefficient (Wildman–Crippen LogP) is 2.40. The van der Waals surface area contributed by atoms with Crippen LogP contribution in [0.3, 0.4) is 0 Å². The molecule has 5 nitrogen and oxygen atoms in total. The summed E-state index contributed by atoms with van der Waals surface area (Å²) >= 11 is 0. The van der Waals surface area contributed by atoms with Gasteiger partial charge in [0.05, 0.1) is 17.1 Å². The highest BCUT2D eigenvalue weighted by atomic mass is 19.1. The van der Waals surface area contributed by atoms with Gasteiger partial charge in [-0.25, -0.2) is 8.78 Å². The molecule has 110 valence electrons. The molecular formula is C13H17F2N3O2. The number of nitro groups is 1. The first-order valence-corrected chi connectivity index (χ1v) is 6.45. The average molecular weight is 285 g/mol. The molecule has 0 bridgehead atoms. The van der Waals surface area contributed by atoms with Crippen LogP contribution in [0.15, 0.2) is 12.1 Å². The highest BCUT2D eigenvalue weighted by Crippen LogP contribution is 2.30. The van der Waals surface area contributed by atoms with Crippen LogP contribution >= 0.6 is 0 Å². The van der Waals surface area contributed by atoms with Crippen LogP contribution < -0.4 is 4.90 Å². The molecule has 1 aromatic carbocycles. The SMILES string of the molecule is CN(C)C1CCN(c2c(F)cc([N+](=O)[O-])cc2F)CC1. The van der Waals surface area contributed by atoms with Gasteiger partial charge in [-0.3, -0.25) is 10.1 Å². The van der Waals surface area contributed by atoms with Gasteiger partial charge in [-0.05, 0) is 26.9 Å². The van der Waals surface area contributed by atoms with Crippen LogP contribution in [0.5, 0.6) is 0 Å². The van der Waals surface area contributed by atoms with E-state index in [2.05, 4.69) is 4.90 Å². The summed E-state index contributed by atoms with van der Waals surface area (Å²) in [6, 6.07) is 1.95. The molecule has 0 spiro atoms. The van der Waals surface area contributed by atoms with E-state index in [-0.39, 0.29) is 5.69 Å². The van der Waals surface area contributed by atoms with Crippen LogP contribution in [0.1, 0.15) is 12.8 Å². The summed E-state index contributed by atoms with van der Waals surface area (Å²) in [6.45, 7) is 1.07. The van der Waals surface area contributed by atoms with E-state index >= 15 is 0 Å². The molecule has 1 saturated heterocycles. The maximum Gasteiger partial charge on any atom is 0.275 e. The zero-order valence-electron chi connectivity index (χ0n) is 11.5. The zero-order valence-corrected chi connectivity index (χ0v) is 11.5. The Hall–Kier alpha value is -1.76. The Kier molecular flexibility index (Phi) is 4.17. The lowest BCUT2D eigenvalue weighted by Crippen LogP contribution is -2.42. The van der Waals surface area contributed by atoms with E-state index in [0.29, 0.717) is 19.1 Å². The molecule has 0 radical (unpaired) electrons. The van der Waals surface area contributed by atoms with Crippen LogP contribution in [-0.4, -0.2) is 43.0 Å². The third-order valence-corrected chi connectivity index (χ3v) is 3.72. The molecule has 0 saturated carbocycles. The molecule has 0 unspecified atom stereocenters. The van der Waals surface area contributed by atoms with Gasteiger partial charge in [0, 0.05) is 19.1 Å². The van der Waals surface area contributed by atoms with Crippen LogP contribution in [-0.2, 0) is 0 Å². The predicted molar refractivity (Wildman–Crippen MR) is 71.9 cm³/mol. The molecular weight excluding hydrogens is 268 g/mol. The Labute approximate surface area is 115 Å². The highest BCUT2D eigenvalue weighted by molar-refractivity contribution is 5.54. The third-order valence-electron chi connectivity index (χ3n) is 3.72. The molecule has 1 aliphatic rings. The first kappa shape index (κ1) is 14.6. The topological polar surface area (TPSA) is 49.6 Å². The van der Waals surface area contributed by atoms with Crippen molar-refractivity contribution >= 4 is 11.4 Å². The summed E-state index contributed by atoms with van der Waals surface area (Å²) in [4.78, 5) is 13.5. The molecule has 0 atom stereocenters. The molecule has 0 N–H and O–H groups in total. The Morgan fingerprint density at radius 1 is 1.25 bits per heavy atom. The molecule has 1 aromatic rings. The van der Waals surface area contributed by atoms with E-state index in [1.165, 1.54) is 0 Å². The lowest BCUT2D eigenvalue weighted by molar-refractivity contribution is -0.385. The Morgan fingerprint density at radius 2 is 1.75 bits per heavy atom. The minimum Gasteiger partial charge on any atom is -0.367 e. The normalized spacial score (nSPS) is 16.8. The molecule has 0 aromatic heterocycles. The van der Waals surface area contributed by atoms with Crippen LogP contribution in [0.2, 0.25) is 0 Å². The second-order valence-electron chi connectivity index (χ2n) is 5.20. The Bertz CT molecular complexity index is 491. The fourth-order valence-electron chi connectivity index (χ4n) is 2.57. The second-order valence-corrected chi connectivity index (χ2v) is 5.20. The lowest BCUT2D eigenvalue weighted by Gasteiger charge is -2.36. The van der Waals surface area contributed by atoms with Crippen molar-refractivity contribution in [1.29, 1.82) is 0 Å². The van der Waals surface area contributed by atoms with E-state index in [1.54, 1.807) is 4.90 Å². The van der Waals surface area contributed by atoms with Crippen molar-refractivity contribution in [3.63, 3.8) is 0 Å². The third kappa shape index (κ3) is 2.87. The van der Waals surface area contributed by atoms with E-state index in [9.17, 15) is 18.9 Å². The van der Waals surface area contributed by atoms with Gasteiger partial charge in [-0.1, -0.05) is 0 Å². The van der Waals surface area contributed by atoms with Gasteiger partial charge in [-0.15, -0.1) is 0 Å². The standard InChI is InChI=1S/C13H17F2N3O2/c1-16(2)9-3-5-17(6-4-9)13-11(14)7-10(18(19)20)8-12(13)15/h7-9H,3-6H2,1-2H3. The Balaban J connectivity index is 2.20. The second kappa shape index (κ2) is 5.70. The summed E-state index contributed by atoms with van der Waals surface area (Å²) in [5.41, 5.74) is -0.722. The van der Waals surface area contributed by atoms with Crippen molar-refractivity contribution in [1.82, 2.24) is 4.90 Å². The molecule has 0 aliphatic carbocycles. The molecule has 7 heteroatoms. The van der Waals surface area contributed by atoms with Gasteiger partial charge in [0.25, 0.3) is 5.69 Å². The maximum absolute atomic E-state index is 13.9. The molecule has 1 aliphatic heterocycles. The number of benzene rings is 1. The van der Waals surface area contributed by atoms with E-state index in [4.69, 9.17) is 0 Å². The number of anilines is 1. The lowest BCUT2D eigenvalue weighted by atomic mass is 10.0. The molecule has 2 rings (SSSR count). The number of hydrogen-bond donors (Lipinski definition) is 0. The van der Waals surface area contributed by atoms with Crippen LogP contribution in [0.4, 0.5) is 20.2 Å². The smallest absolute Gasteiger partial charge is 0.275 e. The summed E-state index contributed by atoms with van der Waals surface area (Å²) < 4.78 is 27.8. The fraction of sp³-hybridized carbons (Fsp3) is 0.538. The summed E-state index contributed by atoms with van der Waals surface area (Å²) in [6.07, 6.45) is 1.62. The van der Waals surface area contributed by atoms with Gasteiger partial charge in [0.2, 0.25) is 0 Å². The quantitative estimate of drug-likeness (QED) is 0.632. The molecule has 1 heterocycles. The molecule has 20 heavy (non-hydrogen) atoms. The van der Waals surface area contributed by atoms with Crippen molar-refractivity contribution < 1.29 is 13.7 Å². The average Bonchev–Trinajstić information content (AvgIpc) is 2.38. The first-order chi connectivity index (χ1) is 9.40. The van der Waals surface area contributed by atoms with Gasteiger partial charge in [-0.2, -0.15) is 0 Å². The minimum atomic E-state index is -0.875. The number of hydrogen-bond acceptors (Lipinski definition) is 4. The summed E-state index contributed by atoms with van der Waals surface area (Å²) in [5.74, 6) is -1.75. The largest absolute Gasteiger partial charge is 0.367 e. The number of halogens is 2. The summed E-state index contributed by atoms with van der Waals surface area (Å²) in [5, 5.41) is 10.6. The number of rotatable bonds is 3. The van der Waals surface area contributed by atoms with E-state index in [0.717, 1.165) is 25.0 Å².